The van der Waals surface area contributed by atoms with Gasteiger partial charge in [-0.3, -0.25) is 9.59 Å². The molecule has 0 aromatic rings. The van der Waals surface area contributed by atoms with Gasteiger partial charge in [0.2, 0.25) is 12.2 Å². The first kappa shape index (κ1) is 18.7. The first-order chi connectivity index (χ1) is 11.1. The van der Waals surface area contributed by atoms with Crippen LogP contribution in [0.3, 0.4) is 0 Å². The van der Waals surface area contributed by atoms with Crippen molar-refractivity contribution in [3.05, 3.63) is 12.3 Å². The van der Waals surface area contributed by atoms with Gasteiger partial charge in [0.15, 0.2) is 11.9 Å². The van der Waals surface area contributed by atoms with E-state index in [-0.39, 0.29) is 12.5 Å². The van der Waals surface area contributed by atoms with Gasteiger partial charge in [-0.1, -0.05) is 6.58 Å². The molecule has 0 aromatic carbocycles. The zero-order valence-electron chi connectivity index (χ0n) is 14.7. The summed E-state index contributed by atoms with van der Waals surface area (Å²) in [5.41, 5.74) is 0. The van der Waals surface area contributed by atoms with Crippen LogP contribution in [0.15, 0.2) is 12.3 Å². The average Bonchev–Trinajstić information content (AvgIpc) is 2.41. The molecule has 2 unspecified atom stereocenters. The third-order valence-corrected chi connectivity index (χ3v) is 3.65. The van der Waals surface area contributed by atoms with E-state index in [1.54, 1.807) is 20.8 Å². The topological polar surface area (TPSA) is 92.3 Å². The number of fused-ring (bicyclic) bond motifs is 1. The maximum atomic E-state index is 11.6. The van der Waals surface area contributed by atoms with Gasteiger partial charge in [0, 0.05) is 13.8 Å². The van der Waals surface area contributed by atoms with E-state index < -0.39 is 42.4 Å². The normalized spacial score (nSPS) is 34.6. The van der Waals surface area contributed by atoms with Gasteiger partial charge in [-0.15, -0.1) is 0 Å². The summed E-state index contributed by atoms with van der Waals surface area (Å²) in [4.78, 5) is 23.2. The number of ether oxygens (including phenoxy) is 5. The molecule has 5 atom stereocenters. The van der Waals surface area contributed by atoms with Crippen LogP contribution >= 0.6 is 0 Å². The number of hydrogen-bond donors (Lipinski definition) is 1. The Bertz CT molecular complexity index is 519. The predicted molar refractivity (Wildman–Crippen MR) is 82.6 cm³/mol. The molecular formula is C16H25NO7. The Hall–Kier alpha value is -1.64. The molecule has 1 amide bonds. The molecule has 8 nitrogen and oxygen atoms in total. The van der Waals surface area contributed by atoms with Gasteiger partial charge in [-0.05, 0) is 20.8 Å². The van der Waals surface area contributed by atoms with Gasteiger partial charge in [0.05, 0.1) is 12.4 Å². The van der Waals surface area contributed by atoms with E-state index in [1.807, 2.05) is 0 Å². The summed E-state index contributed by atoms with van der Waals surface area (Å²) in [6.45, 7) is 11.8. The van der Waals surface area contributed by atoms with Crippen LogP contribution in [0.2, 0.25) is 0 Å². The lowest BCUT2D eigenvalue weighted by Crippen LogP contribution is -2.69. The fraction of sp³-hybridized carbons (Fsp3) is 0.750. The minimum atomic E-state index is -0.870. The van der Waals surface area contributed by atoms with Gasteiger partial charge in [0.1, 0.15) is 18.2 Å². The van der Waals surface area contributed by atoms with E-state index in [0.717, 1.165) is 0 Å². The summed E-state index contributed by atoms with van der Waals surface area (Å²) in [7, 11) is 0. The molecule has 0 spiro atoms. The Labute approximate surface area is 141 Å². The first-order valence-electron chi connectivity index (χ1n) is 7.83. The van der Waals surface area contributed by atoms with Crippen molar-refractivity contribution in [2.75, 3.05) is 6.61 Å². The molecule has 2 heterocycles. The zero-order chi connectivity index (χ0) is 18.1. The predicted octanol–water partition coefficient (Wildman–Crippen LogP) is 0.849. The van der Waals surface area contributed by atoms with E-state index in [9.17, 15) is 9.59 Å². The summed E-state index contributed by atoms with van der Waals surface area (Å²) in [5.74, 6) is -1.24. The summed E-state index contributed by atoms with van der Waals surface area (Å²) >= 11 is 0. The molecule has 0 bridgehead atoms. The Morgan fingerprint density at radius 3 is 2.42 bits per heavy atom. The van der Waals surface area contributed by atoms with E-state index in [4.69, 9.17) is 23.7 Å². The Balaban J connectivity index is 2.33. The highest BCUT2D eigenvalue weighted by Crippen LogP contribution is 2.34. The minimum absolute atomic E-state index is 0.248. The second kappa shape index (κ2) is 7.08. The lowest BCUT2D eigenvalue weighted by molar-refractivity contribution is -0.366. The zero-order valence-corrected chi connectivity index (χ0v) is 14.7. The number of rotatable bonds is 4. The SMILES string of the molecule is C=C(C)O[C@@H]1OC2COC(C)(C)O[C@H]2C(OC(C)=O)[C@@H]1NC(C)=O. The highest BCUT2D eigenvalue weighted by Gasteiger charge is 2.54. The van der Waals surface area contributed by atoms with Crippen molar-refractivity contribution < 1.29 is 33.3 Å². The molecule has 2 aliphatic heterocycles. The first-order valence-corrected chi connectivity index (χ1v) is 7.83. The number of carbonyl (C=O) groups is 2. The van der Waals surface area contributed by atoms with Crippen LogP contribution in [0.1, 0.15) is 34.6 Å². The molecule has 24 heavy (non-hydrogen) atoms. The highest BCUT2D eigenvalue weighted by atomic mass is 16.8. The largest absolute Gasteiger partial charge is 0.468 e. The third kappa shape index (κ3) is 4.46. The van der Waals surface area contributed by atoms with Crippen LogP contribution in [0.25, 0.3) is 0 Å². The lowest BCUT2D eigenvalue weighted by atomic mass is 9.95. The van der Waals surface area contributed by atoms with Crippen LogP contribution in [-0.2, 0) is 33.3 Å². The maximum absolute atomic E-state index is 11.6. The molecule has 2 fully saturated rings. The van der Waals surface area contributed by atoms with Gasteiger partial charge in [0.25, 0.3) is 0 Å². The van der Waals surface area contributed by atoms with Crippen LogP contribution in [0.5, 0.6) is 0 Å². The fourth-order valence-corrected chi connectivity index (χ4v) is 2.84. The molecular weight excluding hydrogens is 318 g/mol. The molecule has 0 radical (unpaired) electrons. The number of hydrogen-bond acceptors (Lipinski definition) is 7. The van der Waals surface area contributed by atoms with E-state index >= 15 is 0 Å². The summed E-state index contributed by atoms with van der Waals surface area (Å²) in [6.07, 6.45) is -2.75. The van der Waals surface area contributed by atoms with E-state index in [1.165, 1.54) is 13.8 Å². The average molecular weight is 343 g/mol. The maximum Gasteiger partial charge on any atom is 0.303 e. The molecule has 1 N–H and O–H groups in total. The van der Waals surface area contributed by atoms with Crippen molar-refractivity contribution in [1.82, 2.24) is 5.32 Å². The van der Waals surface area contributed by atoms with E-state index in [0.29, 0.717) is 5.76 Å². The summed E-state index contributed by atoms with van der Waals surface area (Å²) in [5, 5.41) is 2.72. The van der Waals surface area contributed by atoms with Crippen LogP contribution < -0.4 is 5.32 Å². The second-order valence-corrected chi connectivity index (χ2v) is 6.46. The third-order valence-electron chi connectivity index (χ3n) is 3.65. The molecule has 0 aliphatic carbocycles. The number of amides is 1. The molecule has 2 aliphatic rings. The molecule has 2 rings (SSSR count). The number of carbonyl (C=O) groups excluding carboxylic acids is 2. The van der Waals surface area contributed by atoms with Crippen LogP contribution in [0, 0.1) is 0 Å². The Morgan fingerprint density at radius 2 is 1.88 bits per heavy atom. The van der Waals surface area contributed by atoms with Crippen LogP contribution in [-0.4, -0.2) is 54.9 Å². The Kier molecular flexibility index (Phi) is 5.52. The van der Waals surface area contributed by atoms with Gasteiger partial charge in [-0.25, -0.2) is 0 Å². The quantitative estimate of drug-likeness (QED) is 0.597. The molecule has 2 saturated heterocycles. The summed E-state index contributed by atoms with van der Waals surface area (Å²) in [6, 6.07) is -0.738. The summed E-state index contributed by atoms with van der Waals surface area (Å²) < 4.78 is 28.4. The molecule has 0 aromatic heterocycles. The standard InChI is InChI=1S/C16H25NO7/c1-8(2)21-15-12(17-9(3)18)14(22-10(4)19)13-11(23-15)7-20-16(5,6)24-13/h11-15H,1,7H2,2-6H3,(H,17,18)/t11?,12-,13+,14?,15+/m0/s1. The molecule has 8 heteroatoms. The van der Waals surface area contributed by atoms with Crippen molar-refractivity contribution >= 4 is 11.9 Å². The highest BCUT2D eigenvalue weighted by molar-refractivity contribution is 5.73. The van der Waals surface area contributed by atoms with Crippen molar-refractivity contribution in [3.63, 3.8) is 0 Å². The number of esters is 1. The van der Waals surface area contributed by atoms with Gasteiger partial charge in [-0.2, -0.15) is 0 Å². The van der Waals surface area contributed by atoms with Crippen molar-refractivity contribution in [2.24, 2.45) is 0 Å². The monoisotopic (exact) mass is 343 g/mol. The van der Waals surface area contributed by atoms with Crippen molar-refractivity contribution in [1.29, 1.82) is 0 Å². The van der Waals surface area contributed by atoms with E-state index in [2.05, 4.69) is 11.9 Å². The van der Waals surface area contributed by atoms with Crippen molar-refractivity contribution in [3.8, 4) is 0 Å². The number of allylic oxidation sites excluding steroid dienone is 1. The number of nitrogens with one attached hydrogen (secondary N) is 1. The smallest absolute Gasteiger partial charge is 0.303 e. The molecule has 136 valence electrons. The van der Waals surface area contributed by atoms with Crippen molar-refractivity contribution in [2.45, 2.75) is 71.0 Å². The lowest BCUT2D eigenvalue weighted by Gasteiger charge is -2.50. The van der Waals surface area contributed by atoms with Gasteiger partial charge >= 0.3 is 5.97 Å². The fourth-order valence-electron chi connectivity index (χ4n) is 2.84. The Morgan fingerprint density at radius 1 is 1.21 bits per heavy atom. The van der Waals surface area contributed by atoms with Crippen LogP contribution in [0.4, 0.5) is 0 Å². The van der Waals surface area contributed by atoms with Gasteiger partial charge < -0.3 is 29.0 Å². The minimum Gasteiger partial charge on any atom is -0.468 e. The second-order valence-electron chi connectivity index (χ2n) is 6.46. The molecule has 0 saturated carbocycles.